The van der Waals surface area contributed by atoms with Crippen molar-refractivity contribution in [1.29, 1.82) is 0 Å². The fourth-order valence-electron chi connectivity index (χ4n) is 2.01. The van der Waals surface area contributed by atoms with E-state index < -0.39 is 5.60 Å². The second-order valence-electron chi connectivity index (χ2n) is 4.98. The predicted molar refractivity (Wildman–Crippen MR) is 76.2 cm³/mol. The number of hydrogen-bond acceptors (Lipinski definition) is 3. The standard InChI is InChI=1S/C14H18BrNO3/c1-10-2-3-11(8-12(10)15)13(17)16-9-14(18)4-6-19-7-5-14/h2-3,8,18H,4-7,9H2,1H3,(H,16,17). The summed E-state index contributed by atoms with van der Waals surface area (Å²) in [6, 6.07) is 5.46. The molecule has 2 rings (SSSR count). The third-order valence-electron chi connectivity index (χ3n) is 3.44. The quantitative estimate of drug-likeness (QED) is 0.893. The molecule has 4 nitrogen and oxygen atoms in total. The van der Waals surface area contributed by atoms with Crippen molar-refractivity contribution in [3.8, 4) is 0 Å². The van der Waals surface area contributed by atoms with Crippen molar-refractivity contribution in [3.05, 3.63) is 33.8 Å². The van der Waals surface area contributed by atoms with Gasteiger partial charge in [0.2, 0.25) is 0 Å². The number of rotatable bonds is 3. The Balaban J connectivity index is 1.95. The highest BCUT2D eigenvalue weighted by molar-refractivity contribution is 9.10. The summed E-state index contributed by atoms with van der Waals surface area (Å²) < 4.78 is 6.11. The summed E-state index contributed by atoms with van der Waals surface area (Å²) in [5, 5.41) is 13.1. The molecule has 0 atom stereocenters. The first-order chi connectivity index (χ1) is 9.00. The van der Waals surface area contributed by atoms with Crippen molar-refractivity contribution in [2.24, 2.45) is 0 Å². The molecule has 0 unspecified atom stereocenters. The Hall–Kier alpha value is -0.910. The second-order valence-corrected chi connectivity index (χ2v) is 5.84. The Morgan fingerprint density at radius 1 is 1.47 bits per heavy atom. The van der Waals surface area contributed by atoms with Crippen LogP contribution >= 0.6 is 15.9 Å². The molecule has 0 aliphatic carbocycles. The Kier molecular flexibility index (Phi) is 4.60. The monoisotopic (exact) mass is 327 g/mol. The molecule has 1 heterocycles. The van der Waals surface area contributed by atoms with Crippen LogP contribution in [0.1, 0.15) is 28.8 Å². The summed E-state index contributed by atoms with van der Waals surface area (Å²) in [7, 11) is 0. The van der Waals surface area contributed by atoms with E-state index in [1.807, 2.05) is 13.0 Å². The predicted octanol–water partition coefficient (Wildman–Crippen LogP) is 2.03. The van der Waals surface area contributed by atoms with E-state index in [0.29, 0.717) is 31.6 Å². The molecule has 1 aliphatic rings. The SMILES string of the molecule is Cc1ccc(C(=O)NCC2(O)CCOCC2)cc1Br. The number of halogens is 1. The van der Waals surface area contributed by atoms with Gasteiger partial charge in [-0.05, 0) is 24.6 Å². The normalized spacial score (nSPS) is 18.1. The number of hydrogen-bond donors (Lipinski definition) is 2. The van der Waals surface area contributed by atoms with E-state index in [-0.39, 0.29) is 12.5 Å². The zero-order valence-corrected chi connectivity index (χ0v) is 12.5. The zero-order valence-electron chi connectivity index (χ0n) is 10.9. The van der Waals surface area contributed by atoms with Crippen molar-refractivity contribution in [2.75, 3.05) is 19.8 Å². The van der Waals surface area contributed by atoms with Crippen LogP contribution in [0.3, 0.4) is 0 Å². The third kappa shape index (κ3) is 3.78. The molecule has 0 aromatic heterocycles. The average molecular weight is 328 g/mol. The largest absolute Gasteiger partial charge is 0.388 e. The molecule has 0 spiro atoms. The molecular formula is C14H18BrNO3. The number of benzene rings is 1. The number of aryl methyl sites for hydroxylation is 1. The van der Waals surface area contributed by atoms with Crippen molar-refractivity contribution in [3.63, 3.8) is 0 Å². The number of amides is 1. The summed E-state index contributed by atoms with van der Waals surface area (Å²) in [5.41, 5.74) is 0.836. The highest BCUT2D eigenvalue weighted by Crippen LogP contribution is 2.20. The Labute approximate surface area is 121 Å². The minimum atomic E-state index is -0.837. The number of carbonyl (C=O) groups is 1. The molecule has 1 aromatic rings. The van der Waals surface area contributed by atoms with Gasteiger partial charge < -0.3 is 15.2 Å². The summed E-state index contributed by atoms with van der Waals surface area (Å²) in [5.74, 6) is -0.166. The Morgan fingerprint density at radius 3 is 2.79 bits per heavy atom. The van der Waals surface area contributed by atoms with Crippen LogP contribution in [-0.2, 0) is 4.74 Å². The number of aliphatic hydroxyl groups is 1. The van der Waals surface area contributed by atoms with E-state index in [4.69, 9.17) is 4.74 Å². The van der Waals surface area contributed by atoms with Gasteiger partial charge in [0.1, 0.15) is 0 Å². The van der Waals surface area contributed by atoms with Crippen LogP contribution in [0.4, 0.5) is 0 Å². The first-order valence-corrected chi connectivity index (χ1v) is 7.14. The maximum Gasteiger partial charge on any atom is 0.251 e. The molecule has 0 saturated carbocycles. The fourth-order valence-corrected chi connectivity index (χ4v) is 2.39. The van der Waals surface area contributed by atoms with Crippen LogP contribution in [0.25, 0.3) is 0 Å². The molecule has 2 N–H and O–H groups in total. The molecular weight excluding hydrogens is 310 g/mol. The van der Waals surface area contributed by atoms with Gasteiger partial charge in [-0.3, -0.25) is 4.79 Å². The molecule has 1 saturated heterocycles. The van der Waals surface area contributed by atoms with Gasteiger partial charge in [0.25, 0.3) is 5.91 Å². The van der Waals surface area contributed by atoms with Gasteiger partial charge in [0.05, 0.1) is 5.60 Å². The molecule has 0 bridgehead atoms. The van der Waals surface area contributed by atoms with Crippen LogP contribution in [-0.4, -0.2) is 36.4 Å². The van der Waals surface area contributed by atoms with Gasteiger partial charge in [0.15, 0.2) is 0 Å². The lowest BCUT2D eigenvalue weighted by Crippen LogP contribution is -2.46. The first kappa shape index (κ1) is 14.5. The van der Waals surface area contributed by atoms with Crippen molar-refractivity contribution in [1.82, 2.24) is 5.32 Å². The molecule has 19 heavy (non-hydrogen) atoms. The lowest BCUT2D eigenvalue weighted by Gasteiger charge is -2.32. The van der Waals surface area contributed by atoms with Crippen molar-refractivity contribution < 1.29 is 14.6 Å². The zero-order chi connectivity index (χ0) is 13.9. The number of ether oxygens (including phenoxy) is 1. The maximum absolute atomic E-state index is 12.0. The Morgan fingerprint density at radius 2 is 2.16 bits per heavy atom. The molecule has 1 aliphatic heterocycles. The molecule has 0 radical (unpaired) electrons. The van der Waals surface area contributed by atoms with Crippen LogP contribution in [0.15, 0.2) is 22.7 Å². The minimum absolute atomic E-state index is 0.166. The van der Waals surface area contributed by atoms with Gasteiger partial charge in [-0.2, -0.15) is 0 Å². The molecule has 1 fully saturated rings. The average Bonchev–Trinajstić information content (AvgIpc) is 2.40. The van der Waals surface area contributed by atoms with Gasteiger partial charge in [-0.15, -0.1) is 0 Å². The molecule has 104 valence electrons. The summed E-state index contributed by atoms with van der Waals surface area (Å²) >= 11 is 3.41. The molecule has 1 aromatic carbocycles. The van der Waals surface area contributed by atoms with Crippen LogP contribution in [0.5, 0.6) is 0 Å². The topological polar surface area (TPSA) is 58.6 Å². The smallest absolute Gasteiger partial charge is 0.251 e. The summed E-state index contributed by atoms with van der Waals surface area (Å²) in [4.78, 5) is 12.0. The van der Waals surface area contributed by atoms with Crippen molar-refractivity contribution >= 4 is 21.8 Å². The lowest BCUT2D eigenvalue weighted by atomic mass is 9.94. The van der Waals surface area contributed by atoms with Crippen LogP contribution in [0.2, 0.25) is 0 Å². The van der Waals surface area contributed by atoms with Gasteiger partial charge >= 0.3 is 0 Å². The highest BCUT2D eigenvalue weighted by Gasteiger charge is 2.30. The van der Waals surface area contributed by atoms with E-state index in [0.717, 1.165) is 10.0 Å². The van der Waals surface area contributed by atoms with E-state index >= 15 is 0 Å². The fraction of sp³-hybridized carbons (Fsp3) is 0.500. The van der Waals surface area contributed by atoms with Gasteiger partial charge in [-0.1, -0.05) is 22.0 Å². The molecule has 5 heteroatoms. The lowest BCUT2D eigenvalue weighted by molar-refractivity contribution is -0.0605. The van der Waals surface area contributed by atoms with E-state index in [1.54, 1.807) is 12.1 Å². The van der Waals surface area contributed by atoms with Crippen LogP contribution < -0.4 is 5.32 Å². The van der Waals surface area contributed by atoms with Crippen molar-refractivity contribution in [2.45, 2.75) is 25.4 Å². The Bertz CT molecular complexity index is 470. The van der Waals surface area contributed by atoms with Crippen LogP contribution in [0, 0.1) is 6.92 Å². The number of carbonyl (C=O) groups excluding carboxylic acids is 1. The first-order valence-electron chi connectivity index (χ1n) is 6.35. The second kappa shape index (κ2) is 6.03. The summed E-state index contributed by atoms with van der Waals surface area (Å²) in [6.07, 6.45) is 1.12. The molecule has 1 amide bonds. The summed E-state index contributed by atoms with van der Waals surface area (Å²) in [6.45, 7) is 3.32. The van der Waals surface area contributed by atoms with Gasteiger partial charge in [-0.25, -0.2) is 0 Å². The van der Waals surface area contributed by atoms with E-state index in [9.17, 15) is 9.90 Å². The highest BCUT2D eigenvalue weighted by atomic mass is 79.9. The van der Waals surface area contributed by atoms with E-state index in [2.05, 4.69) is 21.2 Å². The van der Waals surface area contributed by atoms with E-state index in [1.165, 1.54) is 0 Å². The maximum atomic E-state index is 12.0. The minimum Gasteiger partial charge on any atom is -0.388 e. The van der Waals surface area contributed by atoms with Gasteiger partial charge in [0, 0.05) is 42.6 Å². The third-order valence-corrected chi connectivity index (χ3v) is 4.29. The number of nitrogens with one attached hydrogen (secondary N) is 1.